The molecule has 0 fully saturated rings. The van der Waals surface area contributed by atoms with E-state index in [4.69, 9.17) is 11.6 Å². The minimum Gasteiger partial charge on any atom is -0.369 e. The normalized spacial score (nSPS) is 10.6. The molecule has 0 aromatic carbocycles. The van der Waals surface area contributed by atoms with E-state index < -0.39 is 0 Å². The first-order valence-electron chi connectivity index (χ1n) is 4.64. The summed E-state index contributed by atoms with van der Waals surface area (Å²) >= 11 is 9.30. The van der Waals surface area contributed by atoms with Gasteiger partial charge < -0.3 is 5.32 Å². The number of nitrogens with zero attached hydrogens (tertiary/aromatic N) is 1. The van der Waals surface area contributed by atoms with Gasteiger partial charge >= 0.3 is 0 Å². The summed E-state index contributed by atoms with van der Waals surface area (Å²) in [5.41, 5.74) is 0. The maximum Gasteiger partial charge on any atom is 0.144 e. The number of hydrogen-bond acceptors (Lipinski definition) is 2. The van der Waals surface area contributed by atoms with Crippen LogP contribution < -0.4 is 5.32 Å². The minimum absolute atomic E-state index is 0.656. The summed E-state index contributed by atoms with van der Waals surface area (Å²) in [4.78, 5) is 4.18. The van der Waals surface area contributed by atoms with E-state index in [1.165, 1.54) is 0 Å². The van der Waals surface area contributed by atoms with Crippen LogP contribution in [0.15, 0.2) is 16.7 Å². The van der Waals surface area contributed by atoms with Crippen LogP contribution in [0, 0.1) is 5.92 Å². The fourth-order valence-electron chi connectivity index (χ4n) is 1.02. The van der Waals surface area contributed by atoms with Crippen LogP contribution in [-0.2, 0) is 0 Å². The van der Waals surface area contributed by atoms with E-state index in [1.807, 2.05) is 6.07 Å². The Morgan fingerprint density at radius 1 is 1.57 bits per heavy atom. The van der Waals surface area contributed by atoms with E-state index in [0.717, 1.165) is 23.3 Å². The highest BCUT2D eigenvalue weighted by Gasteiger charge is 2.01. The second kappa shape index (κ2) is 5.56. The van der Waals surface area contributed by atoms with Gasteiger partial charge in [-0.1, -0.05) is 25.4 Å². The van der Waals surface area contributed by atoms with E-state index in [1.54, 1.807) is 6.20 Å². The Morgan fingerprint density at radius 2 is 2.29 bits per heavy atom. The Balaban J connectivity index is 2.51. The molecule has 0 atom stereocenters. The van der Waals surface area contributed by atoms with Crippen LogP contribution in [0.2, 0.25) is 5.02 Å². The van der Waals surface area contributed by atoms with Crippen LogP contribution in [0.25, 0.3) is 0 Å². The monoisotopic (exact) mass is 276 g/mol. The average Bonchev–Trinajstić information content (AvgIpc) is 2.08. The summed E-state index contributed by atoms with van der Waals surface area (Å²) in [7, 11) is 0. The molecule has 4 heteroatoms. The third kappa shape index (κ3) is 3.84. The van der Waals surface area contributed by atoms with Gasteiger partial charge in [0, 0.05) is 17.2 Å². The fourth-order valence-corrected chi connectivity index (χ4v) is 1.72. The van der Waals surface area contributed by atoms with Gasteiger partial charge in [-0.25, -0.2) is 4.98 Å². The topological polar surface area (TPSA) is 24.9 Å². The number of aromatic nitrogens is 1. The standard InChI is InChI=1S/C10H14BrClN2/c1-7(2)3-4-13-10-9(12)5-8(11)6-14-10/h5-7H,3-4H2,1-2H3,(H,13,14). The number of nitrogens with one attached hydrogen (secondary N) is 1. The van der Waals surface area contributed by atoms with Crippen LogP contribution in [0.4, 0.5) is 5.82 Å². The Hall–Kier alpha value is -0.280. The Morgan fingerprint density at radius 3 is 2.86 bits per heavy atom. The van der Waals surface area contributed by atoms with Crippen molar-refractivity contribution in [3.8, 4) is 0 Å². The van der Waals surface area contributed by atoms with Crippen LogP contribution in [0.1, 0.15) is 20.3 Å². The molecule has 1 aromatic heterocycles. The number of hydrogen-bond donors (Lipinski definition) is 1. The maximum absolute atomic E-state index is 5.99. The molecule has 0 aliphatic heterocycles. The highest BCUT2D eigenvalue weighted by atomic mass is 79.9. The van der Waals surface area contributed by atoms with Gasteiger partial charge in [0.2, 0.25) is 0 Å². The van der Waals surface area contributed by atoms with Crippen molar-refractivity contribution in [2.75, 3.05) is 11.9 Å². The lowest BCUT2D eigenvalue weighted by Gasteiger charge is -2.08. The first-order valence-corrected chi connectivity index (χ1v) is 5.81. The van der Waals surface area contributed by atoms with Crippen molar-refractivity contribution in [3.63, 3.8) is 0 Å². The number of pyridine rings is 1. The quantitative estimate of drug-likeness (QED) is 0.901. The molecule has 1 aromatic rings. The summed E-state index contributed by atoms with van der Waals surface area (Å²) < 4.78 is 0.900. The molecule has 14 heavy (non-hydrogen) atoms. The van der Waals surface area contributed by atoms with Gasteiger partial charge in [-0.3, -0.25) is 0 Å². The van der Waals surface area contributed by atoms with Gasteiger partial charge in [0.25, 0.3) is 0 Å². The zero-order valence-corrected chi connectivity index (χ0v) is 10.7. The molecule has 0 amide bonds. The molecule has 2 nitrogen and oxygen atoms in total. The molecule has 1 N–H and O–H groups in total. The molecule has 0 saturated carbocycles. The first kappa shape index (κ1) is 11.8. The summed E-state index contributed by atoms with van der Waals surface area (Å²) in [6.07, 6.45) is 2.86. The second-order valence-electron chi connectivity index (χ2n) is 3.59. The lowest BCUT2D eigenvalue weighted by Crippen LogP contribution is -2.06. The van der Waals surface area contributed by atoms with Crippen LogP contribution in [0.5, 0.6) is 0 Å². The summed E-state index contributed by atoms with van der Waals surface area (Å²) in [5, 5.41) is 3.86. The van der Waals surface area contributed by atoms with E-state index in [0.29, 0.717) is 10.9 Å². The predicted molar refractivity (Wildman–Crippen MR) is 64.9 cm³/mol. The van der Waals surface area contributed by atoms with E-state index >= 15 is 0 Å². The van der Waals surface area contributed by atoms with Crippen molar-refractivity contribution in [2.45, 2.75) is 20.3 Å². The predicted octanol–water partition coefficient (Wildman–Crippen LogP) is 3.96. The third-order valence-corrected chi connectivity index (χ3v) is 2.54. The molecule has 0 saturated heterocycles. The van der Waals surface area contributed by atoms with Crippen LogP contribution in [-0.4, -0.2) is 11.5 Å². The Kier molecular flexibility index (Phi) is 4.69. The van der Waals surface area contributed by atoms with Crippen molar-refractivity contribution < 1.29 is 0 Å². The molecule has 0 radical (unpaired) electrons. The zero-order valence-electron chi connectivity index (χ0n) is 8.35. The molecule has 78 valence electrons. The second-order valence-corrected chi connectivity index (χ2v) is 4.92. The highest BCUT2D eigenvalue weighted by molar-refractivity contribution is 9.10. The molecule has 0 aliphatic rings. The summed E-state index contributed by atoms with van der Waals surface area (Å²) in [5.74, 6) is 1.45. The molecule has 1 rings (SSSR count). The molecule has 0 bridgehead atoms. The largest absolute Gasteiger partial charge is 0.369 e. The molecular weight excluding hydrogens is 263 g/mol. The highest BCUT2D eigenvalue weighted by Crippen LogP contribution is 2.22. The van der Waals surface area contributed by atoms with Gasteiger partial charge in [-0.05, 0) is 34.3 Å². The van der Waals surface area contributed by atoms with Crippen molar-refractivity contribution in [3.05, 3.63) is 21.8 Å². The van der Waals surface area contributed by atoms with E-state index in [9.17, 15) is 0 Å². The SMILES string of the molecule is CC(C)CCNc1ncc(Br)cc1Cl. The van der Waals surface area contributed by atoms with Gasteiger partial charge in [0.05, 0.1) is 5.02 Å². The third-order valence-electron chi connectivity index (χ3n) is 1.82. The lowest BCUT2D eigenvalue weighted by molar-refractivity contribution is 0.606. The number of rotatable bonds is 4. The molecule has 0 aliphatic carbocycles. The summed E-state index contributed by atoms with van der Waals surface area (Å²) in [6, 6.07) is 1.84. The summed E-state index contributed by atoms with van der Waals surface area (Å²) in [6.45, 7) is 5.29. The van der Waals surface area contributed by atoms with Crippen molar-refractivity contribution in [1.29, 1.82) is 0 Å². The van der Waals surface area contributed by atoms with Gasteiger partial charge in [-0.15, -0.1) is 0 Å². The Labute approximate surface area is 98.2 Å². The Bertz CT molecular complexity index is 302. The number of anilines is 1. The van der Waals surface area contributed by atoms with E-state index in [-0.39, 0.29) is 0 Å². The van der Waals surface area contributed by atoms with E-state index in [2.05, 4.69) is 40.1 Å². The van der Waals surface area contributed by atoms with Crippen molar-refractivity contribution >= 4 is 33.3 Å². The van der Waals surface area contributed by atoms with Gasteiger partial charge in [0.15, 0.2) is 0 Å². The maximum atomic E-state index is 5.99. The fraction of sp³-hybridized carbons (Fsp3) is 0.500. The average molecular weight is 278 g/mol. The molecule has 1 heterocycles. The van der Waals surface area contributed by atoms with Gasteiger partial charge in [0.1, 0.15) is 5.82 Å². The zero-order chi connectivity index (χ0) is 10.6. The van der Waals surface area contributed by atoms with Crippen LogP contribution in [0.3, 0.4) is 0 Å². The lowest BCUT2D eigenvalue weighted by atomic mass is 10.1. The van der Waals surface area contributed by atoms with Crippen LogP contribution >= 0.6 is 27.5 Å². The smallest absolute Gasteiger partial charge is 0.144 e. The van der Waals surface area contributed by atoms with Crippen molar-refractivity contribution in [1.82, 2.24) is 4.98 Å². The first-order chi connectivity index (χ1) is 6.59. The molecule has 0 spiro atoms. The molecule has 0 unspecified atom stereocenters. The van der Waals surface area contributed by atoms with Crippen molar-refractivity contribution in [2.24, 2.45) is 5.92 Å². The number of halogens is 2. The minimum atomic E-state index is 0.656. The van der Waals surface area contributed by atoms with Gasteiger partial charge in [-0.2, -0.15) is 0 Å². The molecular formula is C10H14BrClN2.